The van der Waals surface area contributed by atoms with Crippen LogP contribution in [-0.4, -0.2) is 45.2 Å². The molecule has 2 heterocycles. The molecule has 88 valence electrons. The van der Waals surface area contributed by atoms with Gasteiger partial charge in [-0.1, -0.05) is 0 Å². The zero-order chi connectivity index (χ0) is 11.5. The summed E-state index contributed by atoms with van der Waals surface area (Å²) in [7, 11) is 1.98. The summed E-state index contributed by atoms with van der Waals surface area (Å²) >= 11 is 0. The molecule has 16 heavy (non-hydrogen) atoms. The van der Waals surface area contributed by atoms with Crippen LogP contribution < -0.4 is 0 Å². The van der Waals surface area contributed by atoms with Gasteiger partial charge in [0.1, 0.15) is 12.4 Å². The van der Waals surface area contributed by atoms with Crippen LogP contribution in [0.2, 0.25) is 0 Å². The number of carbonyl (C=O) groups is 1. The van der Waals surface area contributed by atoms with Crippen LogP contribution in [0.1, 0.15) is 12.2 Å². The van der Waals surface area contributed by atoms with E-state index in [1.807, 2.05) is 17.8 Å². The Labute approximate surface area is 94.7 Å². The van der Waals surface area contributed by atoms with Crippen molar-refractivity contribution in [2.45, 2.75) is 12.8 Å². The minimum Gasteiger partial charge on any atom is -0.387 e. The van der Waals surface area contributed by atoms with Gasteiger partial charge in [-0.3, -0.25) is 4.79 Å². The molecule has 1 N–H and O–H groups in total. The minimum atomic E-state index is -0.380. The van der Waals surface area contributed by atoms with Crippen LogP contribution in [0.3, 0.4) is 0 Å². The average Bonchev–Trinajstić information content (AvgIpc) is 2.89. The largest absolute Gasteiger partial charge is 0.387 e. The number of nitrogens with zero attached hydrogens (tertiary/aromatic N) is 3. The van der Waals surface area contributed by atoms with Crippen LogP contribution in [-0.2, 0) is 18.3 Å². The predicted molar refractivity (Wildman–Crippen MR) is 58.7 cm³/mol. The van der Waals surface area contributed by atoms with E-state index in [1.54, 1.807) is 11.1 Å². The molecule has 1 aromatic heterocycles. The zero-order valence-electron chi connectivity index (χ0n) is 9.46. The van der Waals surface area contributed by atoms with E-state index < -0.39 is 0 Å². The number of aliphatic hydroxyl groups excluding tert-OH is 1. The number of carbonyl (C=O) groups excluding carboxylic acids is 1. The zero-order valence-corrected chi connectivity index (χ0v) is 9.46. The molecular weight excluding hydrogens is 206 g/mol. The summed E-state index contributed by atoms with van der Waals surface area (Å²) < 4.78 is 2.01. The Hall–Kier alpha value is -1.36. The standard InChI is InChI=1S/C11H17N3O2/c1-13-5-3-12-10(13)6-9-2-4-14(7-9)11(16)8-15/h3,5,9,15H,2,4,6-8H2,1H3/t9-/m0/s1. The molecule has 1 aliphatic heterocycles. The first-order valence-corrected chi connectivity index (χ1v) is 5.55. The van der Waals surface area contributed by atoms with Gasteiger partial charge in [0.05, 0.1) is 0 Å². The first-order chi connectivity index (χ1) is 7.70. The Balaban J connectivity index is 1.90. The molecule has 0 radical (unpaired) electrons. The van der Waals surface area contributed by atoms with Gasteiger partial charge in [0.15, 0.2) is 0 Å². The van der Waals surface area contributed by atoms with E-state index in [1.165, 1.54) is 0 Å². The van der Waals surface area contributed by atoms with Crippen molar-refractivity contribution in [1.29, 1.82) is 0 Å². The minimum absolute atomic E-state index is 0.164. The summed E-state index contributed by atoms with van der Waals surface area (Å²) in [5.74, 6) is 1.36. The molecule has 1 aromatic rings. The summed E-state index contributed by atoms with van der Waals surface area (Å²) in [6.07, 6.45) is 5.62. The van der Waals surface area contributed by atoms with Gasteiger partial charge in [0.25, 0.3) is 0 Å². The number of aromatic nitrogens is 2. The smallest absolute Gasteiger partial charge is 0.248 e. The molecule has 1 amide bonds. The van der Waals surface area contributed by atoms with Crippen molar-refractivity contribution in [3.05, 3.63) is 18.2 Å². The van der Waals surface area contributed by atoms with Gasteiger partial charge in [-0.2, -0.15) is 0 Å². The van der Waals surface area contributed by atoms with Gasteiger partial charge in [-0.25, -0.2) is 4.98 Å². The molecule has 0 aliphatic carbocycles. The number of hydrogen-bond acceptors (Lipinski definition) is 3. The first-order valence-electron chi connectivity index (χ1n) is 5.55. The second-order valence-electron chi connectivity index (χ2n) is 4.31. The molecule has 5 heteroatoms. The normalized spacial score (nSPS) is 20.4. The third-order valence-corrected chi connectivity index (χ3v) is 3.17. The second kappa shape index (κ2) is 4.65. The Kier molecular flexibility index (Phi) is 3.24. The molecule has 0 unspecified atom stereocenters. The third-order valence-electron chi connectivity index (χ3n) is 3.17. The molecule has 0 saturated carbocycles. The number of aliphatic hydroxyl groups is 1. The van der Waals surface area contributed by atoms with Crippen molar-refractivity contribution < 1.29 is 9.90 Å². The monoisotopic (exact) mass is 223 g/mol. The van der Waals surface area contributed by atoms with Crippen molar-refractivity contribution in [3.63, 3.8) is 0 Å². The molecule has 1 atom stereocenters. The summed E-state index contributed by atoms with van der Waals surface area (Å²) in [4.78, 5) is 17.3. The number of rotatable bonds is 3. The fourth-order valence-corrected chi connectivity index (χ4v) is 2.18. The Morgan fingerprint density at radius 3 is 3.12 bits per heavy atom. The van der Waals surface area contributed by atoms with E-state index in [0.717, 1.165) is 31.8 Å². The molecule has 0 aromatic carbocycles. The fourth-order valence-electron chi connectivity index (χ4n) is 2.18. The SMILES string of the molecule is Cn1ccnc1C[C@@H]1CCN(C(=O)CO)C1. The molecule has 5 nitrogen and oxygen atoms in total. The van der Waals surface area contributed by atoms with E-state index >= 15 is 0 Å². The molecule has 1 saturated heterocycles. The van der Waals surface area contributed by atoms with Crippen LogP contribution in [0.25, 0.3) is 0 Å². The van der Waals surface area contributed by atoms with Crippen molar-refractivity contribution in [2.24, 2.45) is 13.0 Å². The molecule has 0 spiro atoms. The van der Waals surface area contributed by atoms with Gasteiger partial charge in [0.2, 0.25) is 5.91 Å². The first kappa shape index (κ1) is 11.1. The van der Waals surface area contributed by atoms with Crippen LogP contribution in [0, 0.1) is 5.92 Å². The van der Waals surface area contributed by atoms with Gasteiger partial charge >= 0.3 is 0 Å². The molecule has 1 fully saturated rings. The Morgan fingerprint density at radius 1 is 1.69 bits per heavy atom. The highest BCUT2D eigenvalue weighted by Gasteiger charge is 2.26. The van der Waals surface area contributed by atoms with E-state index in [4.69, 9.17) is 5.11 Å². The lowest BCUT2D eigenvalue weighted by atomic mass is 10.0. The Morgan fingerprint density at radius 2 is 2.50 bits per heavy atom. The maximum atomic E-state index is 11.3. The average molecular weight is 223 g/mol. The number of imidazole rings is 1. The quantitative estimate of drug-likeness (QED) is 0.772. The predicted octanol–water partition coefficient (Wildman–Crippen LogP) is -0.197. The lowest BCUT2D eigenvalue weighted by Gasteiger charge is -2.14. The highest BCUT2D eigenvalue weighted by molar-refractivity contribution is 5.77. The van der Waals surface area contributed by atoms with Crippen molar-refractivity contribution in [1.82, 2.24) is 14.5 Å². The lowest BCUT2D eigenvalue weighted by Crippen LogP contribution is -2.31. The maximum absolute atomic E-state index is 11.3. The van der Waals surface area contributed by atoms with E-state index in [9.17, 15) is 4.79 Å². The second-order valence-corrected chi connectivity index (χ2v) is 4.31. The van der Waals surface area contributed by atoms with Crippen LogP contribution in [0.5, 0.6) is 0 Å². The summed E-state index contributed by atoms with van der Waals surface area (Å²) in [6.45, 7) is 1.12. The number of hydrogen-bond donors (Lipinski definition) is 1. The van der Waals surface area contributed by atoms with Crippen LogP contribution in [0.15, 0.2) is 12.4 Å². The highest BCUT2D eigenvalue weighted by atomic mass is 16.3. The van der Waals surface area contributed by atoms with Gasteiger partial charge in [-0.05, 0) is 12.3 Å². The summed E-state index contributed by atoms with van der Waals surface area (Å²) in [5, 5.41) is 8.77. The van der Waals surface area contributed by atoms with Crippen molar-refractivity contribution >= 4 is 5.91 Å². The van der Waals surface area contributed by atoms with E-state index in [0.29, 0.717) is 5.92 Å². The molecule has 2 rings (SSSR count). The van der Waals surface area contributed by atoms with Crippen LogP contribution >= 0.6 is 0 Å². The number of likely N-dealkylation sites (tertiary alicyclic amines) is 1. The number of amides is 1. The Bertz CT molecular complexity index is 375. The summed E-state index contributed by atoms with van der Waals surface area (Å²) in [5.41, 5.74) is 0. The van der Waals surface area contributed by atoms with Crippen molar-refractivity contribution in [3.8, 4) is 0 Å². The third kappa shape index (κ3) is 2.24. The topological polar surface area (TPSA) is 58.4 Å². The fraction of sp³-hybridized carbons (Fsp3) is 0.636. The maximum Gasteiger partial charge on any atom is 0.248 e. The van der Waals surface area contributed by atoms with E-state index in [2.05, 4.69) is 4.98 Å². The van der Waals surface area contributed by atoms with Gasteiger partial charge in [0, 0.05) is 39.0 Å². The highest BCUT2D eigenvalue weighted by Crippen LogP contribution is 2.19. The molecule has 1 aliphatic rings. The van der Waals surface area contributed by atoms with Crippen LogP contribution in [0.4, 0.5) is 0 Å². The van der Waals surface area contributed by atoms with E-state index in [-0.39, 0.29) is 12.5 Å². The number of aryl methyl sites for hydroxylation is 1. The lowest BCUT2D eigenvalue weighted by molar-refractivity contribution is -0.133. The summed E-state index contributed by atoms with van der Waals surface area (Å²) in [6, 6.07) is 0. The molecule has 0 bridgehead atoms. The van der Waals surface area contributed by atoms with Gasteiger partial charge in [-0.15, -0.1) is 0 Å². The van der Waals surface area contributed by atoms with Crippen molar-refractivity contribution in [2.75, 3.05) is 19.7 Å². The van der Waals surface area contributed by atoms with Gasteiger partial charge < -0.3 is 14.6 Å². The molecular formula is C11H17N3O2.